The molecule has 90 valence electrons. The van der Waals surface area contributed by atoms with E-state index in [1.54, 1.807) is 0 Å². The molecular formula is C15H24O. The maximum absolute atomic E-state index is 9.37. The molecule has 1 aromatic rings. The molecule has 0 saturated carbocycles. The highest BCUT2D eigenvalue weighted by atomic mass is 16.3. The first-order chi connectivity index (χ1) is 7.47. The van der Waals surface area contributed by atoms with Gasteiger partial charge in [0.25, 0.3) is 0 Å². The molecule has 0 amide bonds. The Morgan fingerprint density at radius 2 is 1.69 bits per heavy atom. The predicted molar refractivity (Wildman–Crippen MR) is 69.8 cm³/mol. The quantitative estimate of drug-likeness (QED) is 0.824. The van der Waals surface area contributed by atoms with E-state index in [1.165, 1.54) is 22.3 Å². The van der Waals surface area contributed by atoms with Crippen LogP contribution in [0.25, 0.3) is 0 Å². The van der Waals surface area contributed by atoms with Crippen LogP contribution in [0.2, 0.25) is 0 Å². The lowest BCUT2D eigenvalue weighted by molar-refractivity contribution is 0.189. The van der Waals surface area contributed by atoms with Crippen LogP contribution in [0.4, 0.5) is 0 Å². The molecule has 1 unspecified atom stereocenters. The van der Waals surface area contributed by atoms with Gasteiger partial charge in [-0.2, -0.15) is 0 Å². The van der Waals surface area contributed by atoms with Crippen LogP contribution in [0.15, 0.2) is 12.1 Å². The lowest BCUT2D eigenvalue weighted by Gasteiger charge is -2.20. The smallest absolute Gasteiger partial charge is 0.0464 e. The number of hydrogen-bond acceptors (Lipinski definition) is 1. The lowest BCUT2D eigenvalue weighted by Crippen LogP contribution is -2.17. The predicted octanol–water partition coefficient (Wildman–Crippen LogP) is 3.42. The van der Waals surface area contributed by atoms with Gasteiger partial charge in [-0.25, -0.2) is 0 Å². The van der Waals surface area contributed by atoms with Crippen molar-refractivity contribution in [2.45, 2.75) is 41.0 Å². The second-order valence-electron chi connectivity index (χ2n) is 5.18. The minimum absolute atomic E-state index is 0.282. The maximum atomic E-state index is 9.37. The fourth-order valence-electron chi connectivity index (χ4n) is 2.03. The summed E-state index contributed by atoms with van der Waals surface area (Å²) in [5.41, 5.74) is 5.51. The van der Waals surface area contributed by atoms with Gasteiger partial charge in [-0.1, -0.05) is 26.0 Å². The molecule has 0 spiro atoms. The SMILES string of the molecule is Cc1ccc(CC(CO)C(C)C)c(C)c1C. The standard InChI is InChI=1S/C15H24O/c1-10(2)15(9-16)8-14-7-6-11(3)12(4)13(14)5/h6-7,10,15-16H,8-9H2,1-5H3. The molecule has 0 saturated heterocycles. The highest BCUT2D eigenvalue weighted by Crippen LogP contribution is 2.22. The van der Waals surface area contributed by atoms with Crippen molar-refractivity contribution in [1.29, 1.82) is 0 Å². The highest BCUT2D eigenvalue weighted by molar-refractivity contribution is 5.38. The molecular weight excluding hydrogens is 196 g/mol. The summed E-state index contributed by atoms with van der Waals surface area (Å²) in [7, 11) is 0. The lowest BCUT2D eigenvalue weighted by atomic mass is 9.86. The molecule has 1 atom stereocenters. The Labute approximate surface area is 99.5 Å². The summed E-state index contributed by atoms with van der Waals surface area (Å²) >= 11 is 0. The van der Waals surface area contributed by atoms with Crippen LogP contribution < -0.4 is 0 Å². The fourth-order valence-corrected chi connectivity index (χ4v) is 2.03. The number of benzene rings is 1. The van der Waals surface area contributed by atoms with Gasteiger partial charge in [-0.3, -0.25) is 0 Å². The summed E-state index contributed by atoms with van der Waals surface area (Å²) < 4.78 is 0. The van der Waals surface area contributed by atoms with E-state index in [-0.39, 0.29) is 6.61 Å². The van der Waals surface area contributed by atoms with Crippen LogP contribution >= 0.6 is 0 Å². The van der Waals surface area contributed by atoms with Crippen LogP contribution in [0.3, 0.4) is 0 Å². The average molecular weight is 220 g/mol. The van der Waals surface area contributed by atoms with Gasteiger partial charge in [0.1, 0.15) is 0 Å². The summed E-state index contributed by atoms with van der Waals surface area (Å²) in [5.74, 6) is 0.909. The summed E-state index contributed by atoms with van der Waals surface area (Å²) in [4.78, 5) is 0. The van der Waals surface area contributed by atoms with Gasteiger partial charge in [0.15, 0.2) is 0 Å². The van der Waals surface area contributed by atoms with Crippen LogP contribution in [-0.4, -0.2) is 11.7 Å². The Hall–Kier alpha value is -0.820. The van der Waals surface area contributed by atoms with Gasteiger partial charge in [-0.15, -0.1) is 0 Å². The molecule has 1 rings (SSSR count). The number of aliphatic hydroxyl groups excluding tert-OH is 1. The normalized spacial score (nSPS) is 13.2. The van der Waals surface area contributed by atoms with E-state index in [0.717, 1.165) is 6.42 Å². The molecule has 0 radical (unpaired) electrons. The zero-order valence-corrected chi connectivity index (χ0v) is 11.2. The van der Waals surface area contributed by atoms with Crippen molar-refractivity contribution in [3.8, 4) is 0 Å². The molecule has 0 bridgehead atoms. The largest absolute Gasteiger partial charge is 0.396 e. The van der Waals surface area contributed by atoms with E-state index in [1.807, 2.05) is 0 Å². The number of aliphatic hydroxyl groups is 1. The molecule has 0 heterocycles. The zero-order chi connectivity index (χ0) is 12.3. The summed E-state index contributed by atoms with van der Waals surface area (Å²) in [6.45, 7) is 11.2. The first-order valence-corrected chi connectivity index (χ1v) is 6.13. The van der Waals surface area contributed by atoms with Gasteiger partial charge in [-0.05, 0) is 61.3 Å². The van der Waals surface area contributed by atoms with Crippen molar-refractivity contribution in [3.63, 3.8) is 0 Å². The van der Waals surface area contributed by atoms with Gasteiger partial charge in [0, 0.05) is 6.61 Å². The van der Waals surface area contributed by atoms with E-state index in [9.17, 15) is 5.11 Å². The first-order valence-electron chi connectivity index (χ1n) is 6.13. The van der Waals surface area contributed by atoms with Gasteiger partial charge < -0.3 is 5.11 Å². The minimum Gasteiger partial charge on any atom is -0.396 e. The van der Waals surface area contributed by atoms with Crippen LogP contribution in [0, 0.1) is 32.6 Å². The summed E-state index contributed by atoms with van der Waals surface area (Å²) in [6.07, 6.45) is 0.987. The van der Waals surface area contributed by atoms with Gasteiger partial charge in [0.05, 0.1) is 0 Å². The van der Waals surface area contributed by atoms with Crippen molar-refractivity contribution >= 4 is 0 Å². The van der Waals surface area contributed by atoms with Crippen LogP contribution in [0.1, 0.15) is 36.1 Å². The van der Waals surface area contributed by atoms with E-state index in [0.29, 0.717) is 11.8 Å². The number of rotatable bonds is 4. The first kappa shape index (κ1) is 13.2. The topological polar surface area (TPSA) is 20.2 Å². The third-order valence-corrected chi connectivity index (χ3v) is 3.83. The Bertz CT molecular complexity index is 353. The van der Waals surface area contributed by atoms with Crippen molar-refractivity contribution in [3.05, 3.63) is 34.4 Å². The second-order valence-corrected chi connectivity index (χ2v) is 5.18. The molecule has 0 aromatic heterocycles. The number of aryl methyl sites for hydroxylation is 1. The zero-order valence-electron chi connectivity index (χ0n) is 11.2. The van der Waals surface area contributed by atoms with Crippen molar-refractivity contribution < 1.29 is 5.11 Å². The molecule has 1 nitrogen and oxygen atoms in total. The Balaban J connectivity index is 2.93. The molecule has 1 aromatic carbocycles. The van der Waals surface area contributed by atoms with Gasteiger partial charge in [0.2, 0.25) is 0 Å². The fraction of sp³-hybridized carbons (Fsp3) is 0.600. The maximum Gasteiger partial charge on any atom is 0.0464 e. The molecule has 16 heavy (non-hydrogen) atoms. The third kappa shape index (κ3) is 2.85. The van der Waals surface area contributed by atoms with Crippen molar-refractivity contribution in [2.75, 3.05) is 6.61 Å². The Kier molecular flexibility index (Phi) is 4.55. The van der Waals surface area contributed by atoms with Crippen molar-refractivity contribution in [1.82, 2.24) is 0 Å². The molecule has 0 aliphatic carbocycles. The second kappa shape index (κ2) is 5.49. The Morgan fingerprint density at radius 3 is 2.19 bits per heavy atom. The summed E-state index contributed by atoms with van der Waals surface area (Å²) in [5, 5.41) is 9.37. The molecule has 0 aliphatic heterocycles. The van der Waals surface area contributed by atoms with E-state index in [4.69, 9.17) is 0 Å². The van der Waals surface area contributed by atoms with E-state index >= 15 is 0 Å². The van der Waals surface area contributed by atoms with E-state index < -0.39 is 0 Å². The van der Waals surface area contributed by atoms with Crippen molar-refractivity contribution in [2.24, 2.45) is 11.8 Å². The van der Waals surface area contributed by atoms with Gasteiger partial charge >= 0.3 is 0 Å². The molecule has 0 aliphatic rings. The number of hydrogen-bond donors (Lipinski definition) is 1. The minimum atomic E-state index is 0.282. The Morgan fingerprint density at radius 1 is 1.06 bits per heavy atom. The molecule has 1 heteroatoms. The monoisotopic (exact) mass is 220 g/mol. The summed E-state index contributed by atoms with van der Waals surface area (Å²) in [6, 6.07) is 4.40. The molecule has 0 fully saturated rings. The van der Waals surface area contributed by atoms with Crippen LogP contribution in [0.5, 0.6) is 0 Å². The average Bonchev–Trinajstić information content (AvgIpc) is 2.25. The molecule has 1 N–H and O–H groups in total. The highest BCUT2D eigenvalue weighted by Gasteiger charge is 2.14. The third-order valence-electron chi connectivity index (χ3n) is 3.83. The van der Waals surface area contributed by atoms with Crippen LogP contribution in [-0.2, 0) is 6.42 Å². The van der Waals surface area contributed by atoms with E-state index in [2.05, 4.69) is 46.8 Å².